The van der Waals surface area contributed by atoms with Gasteiger partial charge in [0.05, 0.1) is 11.0 Å². The predicted molar refractivity (Wildman–Crippen MR) is 239 cm³/mol. The highest BCUT2D eigenvalue weighted by Gasteiger charge is 2.36. The van der Waals surface area contributed by atoms with Gasteiger partial charge in [0.15, 0.2) is 11.2 Å². The Hall–Kier alpha value is -7.70. The summed E-state index contributed by atoms with van der Waals surface area (Å²) in [5, 5.41) is 2.35. The first-order valence-corrected chi connectivity index (χ1v) is 20.0. The van der Waals surface area contributed by atoms with Gasteiger partial charge in [0.2, 0.25) is 11.8 Å². The van der Waals surface area contributed by atoms with Crippen molar-refractivity contribution in [1.82, 2.24) is 14.5 Å². The molecule has 11 aromatic rings. The zero-order chi connectivity index (χ0) is 39.2. The number of fused-ring (bicyclic) bond motifs is 8. The summed E-state index contributed by atoms with van der Waals surface area (Å²) in [5.74, 6) is 1.25. The molecule has 8 aromatic carbocycles. The SMILES string of the molecule is CC1(C)c2cc(N(c3ccccc3)c3ccc(-c4nc5ccccc5o4)cc3)ccc2-c2ccc(-n3c4ccccc4c4cc(-c5nc6ccccc6o5)ccc43)cc21. The molecule has 59 heavy (non-hydrogen) atoms. The van der Waals surface area contributed by atoms with E-state index in [0.29, 0.717) is 11.8 Å². The van der Waals surface area contributed by atoms with Gasteiger partial charge >= 0.3 is 0 Å². The fourth-order valence-corrected chi connectivity index (χ4v) is 9.14. The molecular weight excluding hydrogens is 725 g/mol. The molecule has 12 rings (SSSR count). The van der Waals surface area contributed by atoms with E-state index in [9.17, 15) is 0 Å². The Labute approximate surface area is 340 Å². The molecule has 0 unspecified atom stereocenters. The highest BCUT2D eigenvalue weighted by atomic mass is 16.4. The lowest BCUT2D eigenvalue weighted by molar-refractivity contribution is 0.619. The van der Waals surface area contributed by atoms with E-state index in [0.717, 1.165) is 72.5 Å². The molecule has 0 aliphatic heterocycles. The van der Waals surface area contributed by atoms with Crippen molar-refractivity contribution >= 4 is 61.1 Å². The average Bonchev–Trinajstić information content (AvgIpc) is 4.05. The molecule has 1 aliphatic rings. The van der Waals surface area contributed by atoms with Crippen LogP contribution in [0.1, 0.15) is 25.0 Å². The third kappa shape index (κ3) is 5.19. The van der Waals surface area contributed by atoms with Gasteiger partial charge in [-0.2, -0.15) is 0 Å². The number of oxazole rings is 2. The second-order valence-corrected chi connectivity index (χ2v) is 15.9. The first kappa shape index (κ1) is 33.4. The summed E-state index contributed by atoms with van der Waals surface area (Å²) in [7, 11) is 0. The van der Waals surface area contributed by atoms with Crippen LogP contribution in [-0.4, -0.2) is 14.5 Å². The van der Waals surface area contributed by atoms with Crippen LogP contribution in [-0.2, 0) is 5.41 Å². The van der Waals surface area contributed by atoms with Gasteiger partial charge in [-0.25, -0.2) is 9.97 Å². The lowest BCUT2D eigenvalue weighted by Gasteiger charge is -2.28. The van der Waals surface area contributed by atoms with Crippen molar-refractivity contribution in [2.75, 3.05) is 4.90 Å². The number of hydrogen-bond donors (Lipinski definition) is 0. The van der Waals surface area contributed by atoms with Crippen molar-refractivity contribution in [2.24, 2.45) is 0 Å². The quantitative estimate of drug-likeness (QED) is 0.169. The standard InChI is InChI=1S/C53H36N4O2/c1-53(2)43-31-37(56(35-12-4-3-5-13-35)36-23-20-33(21-24-36)51-54-45-15-7-10-18-49(45)58-51)25-27-39(43)40-28-26-38(32-44(40)53)57-47-17-9-6-14-41(47)42-30-34(22-29-48(42)57)52-55-46-16-8-11-19-50(46)59-52/h3-32H,1-2H3. The maximum atomic E-state index is 6.19. The smallest absolute Gasteiger partial charge is 0.227 e. The monoisotopic (exact) mass is 760 g/mol. The number of nitrogens with zero attached hydrogens (tertiary/aromatic N) is 4. The Morgan fingerprint density at radius 3 is 1.75 bits per heavy atom. The van der Waals surface area contributed by atoms with Crippen LogP contribution in [0, 0.1) is 0 Å². The second kappa shape index (κ2) is 12.7. The Bertz CT molecular complexity index is 3360. The normalized spacial score (nSPS) is 13.1. The van der Waals surface area contributed by atoms with Crippen LogP contribution >= 0.6 is 0 Å². The summed E-state index contributed by atoms with van der Waals surface area (Å²) in [5.41, 5.74) is 16.8. The van der Waals surface area contributed by atoms with Gasteiger partial charge in [0.1, 0.15) is 11.0 Å². The van der Waals surface area contributed by atoms with Gasteiger partial charge < -0.3 is 18.3 Å². The van der Waals surface area contributed by atoms with E-state index < -0.39 is 0 Å². The Balaban J connectivity index is 0.933. The first-order valence-electron chi connectivity index (χ1n) is 20.0. The van der Waals surface area contributed by atoms with E-state index in [1.54, 1.807) is 0 Å². The van der Waals surface area contributed by atoms with Crippen LogP contribution in [0.2, 0.25) is 0 Å². The molecule has 0 radical (unpaired) electrons. The molecule has 0 saturated heterocycles. The van der Waals surface area contributed by atoms with Gasteiger partial charge in [-0.05, 0) is 131 Å². The Morgan fingerprint density at radius 1 is 0.458 bits per heavy atom. The number of rotatable bonds is 6. The predicted octanol–water partition coefficient (Wildman–Crippen LogP) is 14.2. The summed E-state index contributed by atoms with van der Waals surface area (Å²) in [4.78, 5) is 11.9. The third-order valence-corrected chi connectivity index (χ3v) is 12.1. The van der Waals surface area contributed by atoms with Gasteiger partial charge in [-0.3, -0.25) is 0 Å². The maximum Gasteiger partial charge on any atom is 0.227 e. The number of aromatic nitrogens is 3. The second-order valence-electron chi connectivity index (χ2n) is 15.9. The summed E-state index contributed by atoms with van der Waals surface area (Å²) in [6, 6.07) is 64.0. The topological polar surface area (TPSA) is 60.2 Å². The van der Waals surface area contributed by atoms with Crippen molar-refractivity contribution in [3.8, 4) is 39.7 Å². The fraction of sp³-hybridized carbons (Fsp3) is 0.0566. The van der Waals surface area contributed by atoms with E-state index in [-0.39, 0.29) is 5.41 Å². The molecule has 6 nitrogen and oxygen atoms in total. The van der Waals surface area contributed by atoms with Crippen molar-refractivity contribution in [3.05, 3.63) is 193 Å². The molecule has 280 valence electrons. The fourth-order valence-electron chi connectivity index (χ4n) is 9.14. The molecular formula is C53H36N4O2. The van der Waals surface area contributed by atoms with Crippen LogP contribution in [0.3, 0.4) is 0 Å². The van der Waals surface area contributed by atoms with Crippen LogP contribution in [0.25, 0.3) is 83.7 Å². The highest BCUT2D eigenvalue weighted by molar-refractivity contribution is 6.10. The van der Waals surface area contributed by atoms with Crippen molar-refractivity contribution < 1.29 is 8.83 Å². The molecule has 0 atom stereocenters. The molecule has 6 heteroatoms. The Morgan fingerprint density at radius 2 is 1.02 bits per heavy atom. The van der Waals surface area contributed by atoms with Gasteiger partial charge in [0.25, 0.3) is 0 Å². The Kier molecular flexibility index (Phi) is 7.17. The van der Waals surface area contributed by atoms with Crippen molar-refractivity contribution in [3.63, 3.8) is 0 Å². The minimum Gasteiger partial charge on any atom is -0.436 e. The minimum absolute atomic E-state index is 0.255. The van der Waals surface area contributed by atoms with Gasteiger partial charge in [-0.1, -0.05) is 86.6 Å². The van der Waals surface area contributed by atoms with E-state index in [1.165, 1.54) is 27.6 Å². The summed E-state index contributed by atoms with van der Waals surface area (Å²) in [6.45, 7) is 4.71. The molecule has 0 spiro atoms. The minimum atomic E-state index is -0.255. The molecule has 0 saturated carbocycles. The number of benzene rings is 8. The largest absolute Gasteiger partial charge is 0.436 e. The van der Waals surface area contributed by atoms with E-state index in [4.69, 9.17) is 18.8 Å². The van der Waals surface area contributed by atoms with E-state index in [2.05, 4.69) is 157 Å². The zero-order valence-corrected chi connectivity index (χ0v) is 32.4. The summed E-state index contributed by atoms with van der Waals surface area (Å²) < 4.78 is 14.7. The van der Waals surface area contributed by atoms with Crippen molar-refractivity contribution in [2.45, 2.75) is 19.3 Å². The highest BCUT2D eigenvalue weighted by Crippen LogP contribution is 2.52. The molecule has 0 fully saturated rings. The van der Waals surface area contributed by atoms with E-state index in [1.807, 2.05) is 48.5 Å². The third-order valence-electron chi connectivity index (χ3n) is 12.1. The summed E-state index contributed by atoms with van der Waals surface area (Å²) in [6.07, 6.45) is 0. The zero-order valence-electron chi connectivity index (χ0n) is 32.4. The number of anilines is 3. The summed E-state index contributed by atoms with van der Waals surface area (Å²) >= 11 is 0. The van der Waals surface area contributed by atoms with Crippen LogP contribution in [0.15, 0.2) is 191 Å². The molecule has 0 bridgehead atoms. The average molecular weight is 761 g/mol. The lowest BCUT2D eigenvalue weighted by Crippen LogP contribution is -2.17. The lowest BCUT2D eigenvalue weighted by atomic mass is 9.82. The maximum absolute atomic E-state index is 6.19. The van der Waals surface area contributed by atoms with Gasteiger partial charge in [0, 0.05) is 50.1 Å². The van der Waals surface area contributed by atoms with Gasteiger partial charge in [-0.15, -0.1) is 0 Å². The van der Waals surface area contributed by atoms with Crippen LogP contribution in [0.4, 0.5) is 17.1 Å². The molecule has 3 heterocycles. The molecule has 0 amide bonds. The molecule has 1 aliphatic carbocycles. The van der Waals surface area contributed by atoms with Crippen LogP contribution in [0.5, 0.6) is 0 Å². The van der Waals surface area contributed by atoms with Crippen LogP contribution < -0.4 is 4.90 Å². The molecule has 3 aromatic heterocycles. The van der Waals surface area contributed by atoms with Crippen molar-refractivity contribution in [1.29, 1.82) is 0 Å². The number of hydrogen-bond acceptors (Lipinski definition) is 5. The first-order chi connectivity index (χ1) is 29.0. The number of para-hydroxylation sites is 6. The van der Waals surface area contributed by atoms with E-state index >= 15 is 0 Å². The molecule has 0 N–H and O–H groups in total.